The SMILES string of the molecule is [2H]C(C)(COCCCCCCCCCCCCCCCCCC)COC(c1ccccc1)(c1ccccc1)c1ccccc1. The zero-order valence-electron chi connectivity index (χ0n) is 28.4. The fourth-order valence-corrected chi connectivity index (χ4v) is 6.04. The summed E-state index contributed by atoms with van der Waals surface area (Å²) in [5, 5.41) is 0. The first-order valence-corrected chi connectivity index (χ1v) is 17.5. The summed E-state index contributed by atoms with van der Waals surface area (Å²) in [6, 6.07) is 31.2. The molecule has 2 heteroatoms. The van der Waals surface area contributed by atoms with Crippen molar-refractivity contribution in [2.75, 3.05) is 19.8 Å². The molecular weight excluding hydrogens is 524 g/mol. The summed E-state index contributed by atoms with van der Waals surface area (Å²) in [4.78, 5) is 0. The van der Waals surface area contributed by atoms with E-state index < -0.39 is 11.5 Å². The Morgan fingerprint density at radius 1 is 0.512 bits per heavy atom. The second-order valence-corrected chi connectivity index (χ2v) is 12.4. The van der Waals surface area contributed by atoms with E-state index in [9.17, 15) is 0 Å². The summed E-state index contributed by atoms with van der Waals surface area (Å²) in [7, 11) is 0. The Balaban J connectivity index is 1.34. The van der Waals surface area contributed by atoms with Crippen molar-refractivity contribution < 1.29 is 10.8 Å². The lowest BCUT2D eigenvalue weighted by Gasteiger charge is -2.36. The van der Waals surface area contributed by atoms with Crippen LogP contribution >= 0.6 is 0 Å². The molecule has 0 aliphatic rings. The molecule has 0 heterocycles. The first kappa shape index (κ1) is 33.5. The molecule has 1 unspecified atom stereocenters. The highest BCUT2D eigenvalue weighted by Crippen LogP contribution is 2.40. The predicted octanol–water partition coefficient (Wildman–Crippen LogP) is 11.9. The second kappa shape index (κ2) is 22.1. The number of unbranched alkanes of at least 4 members (excludes halogenated alkanes) is 15. The van der Waals surface area contributed by atoms with Crippen molar-refractivity contribution in [1.82, 2.24) is 0 Å². The van der Waals surface area contributed by atoms with Gasteiger partial charge in [0.2, 0.25) is 0 Å². The van der Waals surface area contributed by atoms with Crippen LogP contribution in [0.5, 0.6) is 0 Å². The summed E-state index contributed by atoms with van der Waals surface area (Å²) in [6.45, 7) is 5.54. The maximum absolute atomic E-state index is 9.04. The highest BCUT2D eigenvalue weighted by molar-refractivity contribution is 5.47. The predicted molar refractivity (Wildman–Crippen MR) is 185 cm³/mol. The van der Waals surface area contributed by atoms with Crippen LogP contribution in [0, 0.1) is 5.89 Å². The molecule has 236 valence electrons. The van der Waals surface area contributed by atoms with Crippen LogP contribution < -0.4 is 0 Å². The van der Waals surface area contributed by atoms with E-state index in [1.807, 2.05) is 25.1 Å². The Morgan fingerprint density at radius 3 is 1.23 bits per heavy atom. The van der Waals surface area contributed by atoms with E-state index >= 15 is 0 Å². The molecule has 3 aromatic rings. The first-order chi connectivity index (χ1) is 21.6. The number of ether oxygens (including phenoxy) is 2. The average molecular weight is 586 g/mol. The molecule has 0 fully saturated rings. The van der Waals surface area contributed by atoms with Crippen molar-refractivity contribution >= 4 is 0 Å². The average Bonchev–Trinajstić information content (AvgIpc) is 3.06. The first-order valence-electron chi connectivity index (χ1n) is 18.0. The number of benzene rings is 3. The maximum Gasteiger partial charge on any atom is 0.143 e. The molecular formula is C41H60O2. The van der Waals surface area contributed by atoms with Gasteiger partial charge >= 0.3 is 0 Å². The molecule has 3 rings (SSSR count). The number of rotatable bonds is 25. The summed E-state index contributed by atoms with van der Waals surface area (Å²) >= 11 is 0. The van der Waals surface area contributed by atoms with Crippen LogP contribution in [0.3, 0.4) is 0 Å². The van der Waals surface area contributed by atoms with Gasteiger partial charge < -0.3 is 9.47 Å². The van der Waals surface area contributed by atoms with Gasteiger partial charge in [-0.25, -0.2) is 0 Å². The van der Waals surface area contributed by atoms with Crippen molar-refractivity contribution in [3.8, 4) is 0 Å². The monoisotopic (exact) mass is 585 g/mol. The van der Waals surface area contributed by atoms with Crippen LogP contribution in [0.4, 0.5) is 0 Å². The van der Waals surface area contributed by atoms with Crippen LogP contribution in [0.1, 0.15) is 135 Å². The fourth-order valence-electron chi connectivity index (χ4n) is 6.04. The Morgan fingerprint density at radius 2 is 0.860 bits per heavy atom. The molecule has 0 saturated heterocycles. The van der Waals surface area contributed by atoms with Gasteiger partial charge in [-0.3, -0.25) is 0 Å². The number of hydrogen-bond donors (Lipinski definition) is 0. The Hall–Kier alpha value is -2.42. The maximum atomic E-state index is 9.04. The molecule has 0 N–H and O–H groups in total. The zero-order chi connectivity index (χ0) is 31.2. The van der Waals surface area contributed by atoms with Crippen molar-refractivity contribution in [2.45, 2.75) is 122 Å². The lowest BCUT2D eigenvalue weighted by molar-refractivity contribution is -0.0243. The van der Waals surface area contributed by atoms with Gasteiger partial charge in [-0.2, -0.15) is 0 Å². The van der Waals surface area contributed by atoms with Crippen LogP contribution in [0.15, 0.2) is 91.0 Å². The molecule has 0 amide bonds. The van der Waals surface area contributed by atoms with Gasteiger partial charge in [0.1, 0.15) is 5.60 Å². The Kier molecular flexibility index (Phi) is 17.2. The molecule has 0 spiro atoms. The van der Waals surface area contributed by atoms with Crippen molar-refractivity contribution in [2.24, 2.45) is 5.89 Å². The lowest BCUT2D eigenvalue weighted by Crippen LogP contribution is -2.35. The third kappa shape index (κ3) is 13.0. The Bertz CT molecular complexity index is 987. The minimum Gasteiger partial charge on any atom is -0.381 e. The van der Waals surface area contributed by atoms with Crippen molar-refractivity contribution in [3.05, 3.63) is 108 Å². The summed E-state index contributed by atoms with van der Waals surface area (Å²) in [6.07, 6.45) is 21.8. The van der Waals surface area contributed by atoms with E-state index in [1.54, 1.807) is 0 Å². The molecule has 43 heavy (non-hydrogen) atoms. The molecule has 2 nitrogen and oxygen atoms in total. The van der Waals surface area contributed by atoms with Gasteiger partial charge in [-0.1, -0.05) is 201 Å². The summed E-state index contributed by atoms with van der Waals surface area (Å²) in [5.74, 6) is -0.862. The topological polar surface area (TPSA) is 18.5 Å². The van der Waals surface area contributed by atoms with Crippen LogP contribution in [0.25, 0.3) is 0 Å². The zero-order valence-corrected chi connectivity index (χ0v) is 27.4. The quantitative estimate of drug-likeness (QED) is 0.0727. The molecule has 0 bridgehead atoms. The van der Waals surface area contributed by atoms with E-state index in [2.05, 4.69) is 79.7 Å². The van der Waals surface area contributed by atoms with Gasteiger partial charge in [-0.05, 0) is 23.1 Å². The minimum absolute atomic E-state index is 0.255. The third-order valence-electron chi connectivity index (χ3n) is 8.57. The smallest absolute Gasteiger partial charge is 0.143 e. The van der Waals surface area contributed by atoms with E-state index in [-0.39, 0.29) is 6.61 Å². The highest BCUT2D eigenvalue weighted by atomic mass is 16.5. The van der Waals surface area contributed by atoms with E-state index in [4.69, 9.17) is 10.8 Å². The lowest BCUT2D eigenvalue weighted by atomic mass is 9.80. The molecule has 0 aromatic heterocycles. The Labute approximate surface area is 266 Å². The van der Waals surface area contributed by atoms with Crippen LogP contribution in [0.2, 0.25) is 0 Å². The van der Waals surface area contributed by atoms with Gasteiger partial charge in [0, 0.05) is 13.9 Å². The summed E-state index contributed by atoms with van der Waals surface area (Å²) < 4.78 is 21.9. The molecule has 3 aromatic carbocycles. The van der Waals surface area contributed by atoms with Crippen molar-refractivity contribution in [3.63, 3.8) is 0 Å². The van der Waals surface area contributed by atoms with Gasteiger partial charge in [-0.15, -0.1) is 0 Å². The number of hydrogen-bond acceptors (Lipinski definition) is 2. The normalized spacial score (nSPS) is 13.5. The fraction of sp³-hybridized carbons (Fsp3) is 0.561. The van der Waals surface area contributed by atoms with Crippen LogP contribution in [-0.4, -0.2) is 19.8 Å². The molecule has 0 radical (unpaired) electrons. The van der Waals surface area contributed by atoms with Crippen LogP contribution in [-0.2, 0) is 15.1 Å². The van der Waals surface area contributed by atoms with E-state index in [1.165, 1.54) is 96.3 Å². The second-order valence-electron chi connectivity index (χ2n) is 12.4. The standard InChI is InChI=1S/C41H60O2/c1-3-4-5-6-7-8-9-10-11-12-13-14-15-16-17-27-34-42-35-37(2)36-43-41(38-28-21-18-22-29-38,39-30-23-19-24-31-39)40-32-25-20-26-33-40/h18-26,28-33,37H,3-17,27,34-36H2,1-2H3/i37D. The van der Waals surface area contributed by atoms with Gasteiger partial charge in [0.15, 0.2) is 0 Å². The molecule has 1 atom stereocenters. The summed E-state index contributed by atoms with van der Waals surface area (Å²) in [5.41, 5.74) is 2.37. The molecule has 0 aliphatic carbocycles. The van der Waals surface area contributed by atoms with E-state index in [0.29, 0.717) is 13.2 Å². The highest BCUT2D eigenvalue weighted by Gasteiger charge is 2.37. The van der Waals surface area contributed by atoms with Gasteiger partial charge in [0.05, 0.1) is 13.2 Å². The molecule has 0 saturated carbocycles. The largest absolute Gasteiger partial charge is 0.381 e. The minimum atomic E-state index is -0.862. The van der Waals surface area contributed by atoms with Gasteiger partial charge in [0.25, 0.3) is 0 Å². The molecule has 0 aliphatic heterocycles. The van der Waals surface area contributed by atoms with E-state index in [0.717, 1.165) is 23.1 Å². The third-order valence-corrected chi connectivity index (χ3v) is 8.57. The van der Waals surface area contributed by atoms with Crippen molar-refractivity contribution in [1.29, 1.82) is 0 Å².